The second-order valence-electron chi connectivity index (χ2n) is 4.50. The van der Waals surface area contributed by atoms with E-state index >= 15 is 0 Å². The predicted octanol–water partition coefficient (Wildman–Crippen LogP) is -0.484. The number of morpholine rings is 1. The Labute approximate surface area is 95.9 Å². The smallest absolute Gasteiger partial charge is 0.239 e. The minimum atomic E-state index is -0.196. The highest BCUT2D eigenvalue weighted by atomic mass is 16.5. The third kappa shape index (κ3) is 2.93. The fourth-order valence-corrected chi connectivity index (χ4v) is 2.12. The molecule has 0 saturated carbocycles. The van der Waals surface area contributed by atoms with Crippen molar-refractivity contribution in [3.8, 4) is 0 Å². The average molecular weight is 228 g/mol. The summed E-state index contributed by atoms with van der Waals surface area (Å²) >= 11 is 0. The Morgan fingerprint density at radius 3 is 2.81 bits per heavy atom. The Kier molecular flexibility index (Phi) is 4.15. The maximum atomic E-state index is 11.9. The lowest BCUT2D eigenvalue weighted by Gasteiger charge is -2.26. The minimum absolute atomic E-state index is 0.0408. The van der Waals surface area contributed by atoms with Gasteiger partial charge in [0.25, 0.3) is 0 Å². The van der Waals surface area contributed by atoms with Crippen molar-refractivity contribution in [3.05, 3.63) is 0 Å². The number of ether oxygens (including phenoxy) is 2. The van der Waals surface area contributed by atoms with Crippen molar-refractivity contribution in [3.63, 3.8) is 0 Å². The second-order valence-corrected chi connectivity index (χ2v) is 4.50. The van der Waals surface area contributed by atoms with Gasteiger partial charge in [-0.25, -0.2) is 0 Å². The molecule has 0 radical (unpaired) electrons. The van der Waals surface area contributed by atoms with Gasteiger partial charge in [0, 0.05) is 25.1 Å². The Morgan fingerprint density at radius 1 is 1.38 bits per heavy atom. The monoisotopic (exact) mass is 228 g/mol. The quantitative estimate of drug-likeness (QED) is 0.685. The molecule has 2 aliphatic heterocycles. The van der Waals surface area contributed by atoms with Crippen LogP contribution in [-0.2, 0) is 14.3 Å². The van der Waals surface area contributed by atoms with Gasteiger partial charge in [0.05, 0.1) is 19.8 Å². The van der Waals surface area contributed by atoms with Crippen LogP contribution in [0.15, 0.2) is 0 Å². The molecule has 3 atom stereocenters. The van der Waals surface area contributed by atoms with Crippen molar-refractivity contribution >= 4 is 5.91 Å². The van der Waals surface area contributed by atoms with Gasteiger partial charge in [-0.15, -0.1) is 0 Å². The SMILES string of the molecule is CC(NC(=O)C1COCCN1)C1CCOC1. The van der Waals surface area contributed by atoms with E-state index in [1.54, 1.807) is 0 Å². The first-order valence-corrected chi connectivity index (χ1v) is 5.96. The molecular formula is C11H20N2O3. The Bertz CT molecular complexity index is 235. The number of nitrogens with one attached hydrogen (secondary N) is 2. The molecular weight excluding hydrogens is 208 g/mol. The van der Waals surface area contributed by atoms with Gasteiger partial charge in [0.2, 0.25) is 5.91 Å². The van der Waals surface area contributed by atoms with E-state index in [9.17, 15) is 4.79 Å². The molecule has 0 aromatic rings. The lowest BCUT2D eigenvalue weighted by molar-refractivity contribution is -0.126. The maximum absolute atomic E-state index is 11.9. The third-order valence-corrected chi connectivity index (χ3v) is 3.28. The van der Waals surface area contributed by atoms with Crippen molar-refractivity contribution in [2.75, 3.05) is 33.0 Å². The second kappa shape index (κ2) is 5.61. The first-order valence-electron chi connectivity index (χ1n) is 5.96. The average Bonchev–Trinajstić information content (AvgIpc) is 2.83. The standard InChI is InChI=1S/C11H20N2O3/c1-8(9-2-4-15-6-9)13-11(14)10-7-16-5-3-12-10/h8-10,12H,2-7H2,1H3,(H,13,14). The molecule has 0 aromatic carbocycles. The van der Waals surface area contributed by atoms with E-state index in [2.05, 4.69) is 10.6 Å². The van der Waals surface area contributed by atoms with Crippen molar-refractivity contribution in [2.24, 2.45) is 5.92 Å². The van der Waals surface area contributed by atoms with Crippen LogP contribution in [0.5, 0.6) is 0 Å². The first-order chi connectivity index (χ1) is 7.77. The molecule has 16 heavy (non-hydrogen) atoms. The molecule has 2 aliphatic rings. The summed E-state index contributed by atoms with van der Waals surface area (Å²) in [6, 6.07) is -0.0164. The number of carbonyl (C=O) groups is 1. The topological polar surface area (TPSA) is 59.6 Å². The molecule has 0 spiro atoms. The molecule has 5 heteroatoms. The molecule has 2 saturated heterocycles. The molecule has 0 aromatic heterocycles. The van der Waals surface area contributed by atoms with Gasteiger partial charge < -0.3 is 20.1 Å². The van der Waals surface area contributed by atoms with Gasteiger partial charge in [0.1, 0.15) is 6.04 Å². The van der Waals surface area contributed by atoms with Crippen LogP contribution in [0, 0.1) is 5.92 Å². The van der Waals surface area contributed by atoms with Crippen LogP contribution < -0.4 is 10.6 Å². The number of rotatable bonds is 3. The van der Waals surface area contributed by atoms with Gasteiger partial charge in [-0.1, -0.05) is 0 Å². The number of amides is 1. The zero-order chi connectivity index (χ0) is 11.4. The van der Waals surface area contributed by atoms with Gasteiger partial charge in [0.15, 0.2) is 0 Å². The molecule has 0 bridgehead atoms. The highest BCUT2D eigenvalue weighted by Crippen LogP contribution is 2.16. The Balaban J connectivity index is 1.76. The van der Waals surface area contributed by atoms with Gasteiger partial charge in [-0.3, -0.25) is 4.79 Å². The molecule has 1 amide bonds. The summed E-state index contributed by atoms with van der Waals surface area (Å²) in [5.41, 5.74) is 0. The van der Waals surface area contributed by atoms with E-state index in [1.807, 2.05) is 6.92 Å². The fraction of sp³-hybridized carbons (Fsp3) is 0.909. The Morgan fingerprint density at radius 2 is 2.19 bits per heavy atom. The van der Waals surface area contributed by atoms with Gasteiger partial charge in [-0.2, -0.15) is 0 Å². The summed E-state index contributed by atoms with van der Waals surface area (Å²) in [6.07, 6.45) is 1.04. The minimum Gasteiger partial charge on any atom is -0.381 e. The predicted molar refractivity (Wildman–Crippen MR) is 59.1 cm³/mol. The molecule has 92 valence electrons. The van der Waals surface area contributed by atoms with Gasteiger partial charge in [-0.05, 0) is 13.3 Å². The lowest BCUT2D eigenvalue weighted by atomic mass is 10.0. The van der Waals surface area contributed by atoms with Crippen LogP contribution in [-0.4, -0.2) is 51.0 Å². The highest BCUT2D eigenvalue weighted by molar-refractivity contribution is 5.82. The zero-order valence-corrected chi connectivity index (χ0v) is 9.70. The summed E-state index contributed by atoms with van der Waals surface area (Å²) in [5, 5.41) is 6.18. The molecule has 3 unspecified atom stereocenters. The summed E-state index contributed by atoms with van der Waals surface area (Å²) in [6.45, 7) is 5.53. The Hall–Kier alpha value is -0.650. The maximum Gasteiger partial charge on any atom is 0.239 e. The van der Waals surface area contributed by atoms with E-state index < -0.39 is 0 Å². The summed E-state index contributed by atoms with van der Waals surface area (Å²) in [5.74, 6) is 0.493. The van der Waals surface area contributed by atoms with E-state index in [-0.39, 0.29) is 18.0 Å². The van der Waals surface area contributed by atoms with Crippen LogP contribution >= 0.6 is 0 Å². The lowest BCUT2D eigenvalue weighted by Crippen LogP contribution is -2.54. The number of hydrogen-bond acceptors (Lipinski definition) is 4. The van der Waals surface area contributed by atoms with Crippen molar-refractivity contribution in [1.82, 2.24) is 10.6 Å². The molecule has 2 fully saturated rings. The summed E-state index contributed by atoms with van der Waals surface area (Å²) < 4.78 is 10.6. The van der Waals surface area contributed by atoms with Crippen LogP contribution in [0.2, 0.25) is 0 Å². The molecule has 2 N–H and O–H groups in total. The van der Waals surface area contributed by atoms with Crippen molar-refractivity contribution in [1.29, 1.82) is 0 Å². The third-order valence-electron chi connectivity index (χ3n) is 3.28. The molecule has 2 heterocycles. The molecule has 5 nitrogen and oxygen atoms in total. The van der Waals surface area contributed by atoms with Crippen LogP contribution in [0.3, 0.4) is 0 Å². The van der Waals surface area contributed by atoms with Crippen molar-refractivity contribution < 1.29 is 14.3 Å². The summed E-state index contributed by atoms with van der Waals surface area (Å²) in [4.78, 5) is 11.9. The summed E-state index contributed by atoms with van der Waals surface area (Å²) in [7, 11) is 0. The number of carbonyl (C=O) groups excluding carboxylic acids is 1. The van der Waals surface area contributed by atoms with Crippen LogP contribution in [0.25, 0.3) is 0 Å². The van der Waals surface area contributed by atoms with E-state index in [4.69, 9.17) is 9.47 Å². The zero-order valence-electron chi connectivity index (χ0n) is 9.70. The molecule has 0 aliphatic carbocycles. The van der Waals surface area contributed by atoms with E-state index in [1.165, 1.54) is 0 Å². The van der Waals surface area contributed by atoms with Crippen molar-refractivity contribution in [2.45, 2.75) is 25.4 Å². The highest BCUT2D eigenvalue weighted by Gasteiger charge is 2.27. The largest absolute Gasteiger partial charge is 0.381 e. The normalized spacial score (nSPS) is 32.3. The first kappa shape index (κ1) is 11.8. The van der Waals surface area contributed by atoms with Gasteiger partial charge >= 0.3 is 0 Å². The van der Waals surface area contributed by atoms with E-state index in [0.717, 1.165) is 26.2 Å². The van der Waals surface area contributed by atoms with Crippen LogP contribution in [0.4, 0.5) is 0 Å². The molecule has 2 rings (SSSR count). The fourth-order valence-electron chi connectivity index (χ4n) is 2.12. The van der Waals surface area contributed by atoms with E-state index in [0.29, 0.717) is 19.1 Å². The van der Waals surface area contributed by atoms with Crippen LogP contribution in [0.1, 0.15) is 13.3 Å². The number of hydrogen-bond donors (Lipinski definition) is 2.